The third-order valence-corrected chi connectivity index (χ3v) is 8.87. The van der Waals surface area contributed by atoms with Gasteiger partial charge >= 0.3 is 0 Å². The van der Waals surface area contributed by atoms with Crippen LogP contribution in [-0.4, -0.2) is 4.57 Å². The lowest BCUT2D eigenvalue weighted by Crippen LogP contribution is -2.16. The highest BCUT2D eigenvalue weighted by Crippen LogP contribution is 2.63. The molecule has 1 fully saturated rings. The van der Waals surface area contributed by atoms with Gasteiger partial charge in [0, 0.05) is 38.8 Å². The first kappa shape index (κ1) is 19.0. The predicted molar refractivity (Wildman–Crippen MR) is 150 cm³/mol. The Morgan fingerprint density at radius 1 is 0.639 bits per heavy atom. The third-order valence-electron chi connectivity index (χ3n) is 8.87. The molecule has 1 aromatic heterocycles. The SMILES string of the molecule is CC1C2=CC(n3c4ccccc4c4cc5c(cc43)N(c3ccccc3)c3cccc4cccc-5c34)[C@@H]21. The Morgan fingerprint density at radius 2 is 1.44 bits per heavy atom. The van der Waals surface area contributed by atoms with Crippen LogP contribution in [0.2, 0.25) is 0 Å². The Labute approximate surface area is 209 Å². The number of aromatic nitrogens is 1. The molecule has 1 saturated carbocycles. The van der Waals surface area contributed by atoms with Crippen molar-refractivity contribution in [3.8, 4) is 11.1 Å². The molecule has 3 aliphatic rings. The van der Waals surface area contributed by atoms with Crippen LogP contribution in [0.1, 0.15) is 13.0 Å². The van der Waals surface area contributed by atoms with E-state index < -0.39 is 0 Å². The molecular formula is C34H24N2. The second-order valence-electron chi connectivity index (χ2n) is 10.6. The monoisotopic (exact) mass is 460 g/mol. The van der Waals surface area contributed by atoms with Gasteiger partial charge in [0.1, 0.15) is 0 Å². The lowest BCUT2D eigenvalue weighted by Gasteiger charge is -2.34. The minimum Gasteiger partial charge on any atom is -0.333 e. The Morgan fingerprint density at radius 3 is 2.25 bits per heavy atom. The van der Waals surface area contributed by atoms with Crippen LogP contribution in [0.5, 0.6) is 0 Å². The first-order chi connectivity index (χ1) is 17.8. The Kier molecular flexibility index (Phi) is 3.41. The summed E-state index contributed by atoms with van der Waals surface area (Å²) in [6, 6.07) is 38.6. The van der Waals surface area contributed by atoms with Crippen LogP contribution >= 0.6 is 0 Å². The first-order valence-corrected chi connectivity index (χ1v) is 13.0. The molecule has 0 amide bonds. The van der Waals surface area contributed by atoms with E-state index in [2.05, 4.69) is 126 Å². The van der Waals surface area contributed by atoms with Crippen LogP contribution in [0.3, 0.4) is 0 Å². The topological polar surface area (TPSA) is 8.17 Å². The van der Waals surface area contributed by atoms with E-state index in [-0.39, 0.29) is 0 Å². The lowest BCUT2D eigenvalue weighted by atomic mass is 9.89. The van der Waals surface area contributed by atoms with E-state index in [0.717, 1.165) is 5.92 Å². The van der Waals surface area contributed by atoms with Gasteiger partial charge in [0.2, 0.25) is 0 Å². The van der Waals surface area contributed by atoms with Crippen molar-refractivity contribution in [2.24, 2.45) is 11.8 Å². The minimum absolute atomic E-state index is 0.458. The van der Waals surface area contributed by atoms with E-state index in [1.54, 1.807) is 5.57 Å². The lowest BCUT2D eigenvalue weighted by molar-refractivity contribution is 0.525. The number of allylic oxidation sites excluding steroid dienone is 2. The van der Waals surface area contributed by atoms with Crippen molar-refractivity contribution >= 4 is 49.6 Å². The van der Waals surface area contributed by atoms with Gasteiger partial charge in [-0.15, -0.1) is 0 Å². The van der Waals surface area contributed by atoms with Gasteiger partial charge in [-0.05, 0) is 53.3 Å². The second-order valence-corrected chi connectivity index (χ2v) is 10.6. The average molecular weight is 461 g/mol. The largest absolute Gasteiger partial charge is 0.333 e. The normalized spacial score (nSPS) is 21.3. The Balaban J connectivity index is 1.43. The molecule has 1 aliphatic heterocycles. The fraction of sp³-hybridized carbons (Fsp3) is 0.118. The number of fused-ring (bicyclic) bond motifs is 6. The molecule has 0 radical (unpaired) electrons. The molecule has 0 bridgehead atoms. The molecule has 36 heavy (non-hydrogen) atoms. The van der Waals surface area contributed by atoms with Crippen molar-refractivity contribution in [1.29, 1.82) is 0 Å². The molecule has 0 spiro atoms. The minimum atomic E-state index is 0.458. The second kappa shape index (κ2) is 6.47. The Hall–Kier alpha value is -4.30. The zero-order valence-corrected chi connectivity index (χ0v) is 20.0. The smallest absolute Gasteiger partial charge is 0.0596 e. The summed E-state index contributed by atoms with van der Waals surface area (Å²) in [6.45, 7) is 2.38. The van der Waals surface area contributed by atoms with Gasteiger partial charge in [0.25, 0.3) is 0 Å². The molecule has 2 aliphatic carbocycles. The van der Waals surface area contributed by atoms with E-state index in [1.807, 2.05) is 0 Å². The zero-order chi connectivity index (χ0) is 23.5. The van der Waals surface area contributed by atoms with Gasteiger partial charge < -0.3 is 9.47 Å². The number of para-hydroxylation sites is 2. The molecule has 5 aromatic carbocycles. The van der Waals surface area contributed by atoms with E-state index in [0.29, 0.717) is 12.0 Å². The first-order valence-electron chi connectivity index (χ1n) is 13.0. The number of hydrogen-bond acceptors (Lipinski definition) is 1. The maximum Gasteiger partial charge on any atom is 0.0596 e. The summed E-state index contributed by atoms with van der Waals surface area (Å²) in [5.41, 5.74) is 10.7. The molecule has 6 aromatic rings. The van der Waals surface area contributed by atoms with Crippen LogP contribution in [0, 0.1) is 11.8 Å². The summed E-state index contributed by atoms with van der Waals surface area (Å²) in [5, 5.41) is 5.32. The zero-order valence-electron chi connectivity index (χ0n) is 20.0. The predicted octanol–water partition coefficient (Wildman–Crippen LogP) is 9.14. The van der Waals surface area contributed by atoms with E-state index in [9.17, 15) is 0 Å². The van der Waals surface area contributed by atoms with Gasteiger partial charge in [-0.3, -0.25) is 0 Å². The number of rotatable bonds is 2. The van der Waals surface area contributed by atoms with Crippen molar-refractivity contribution in [1.82, 2.24) is 4.57 Å². The molecule has 2 heteroatoms. The maximum atomic E-state index is 2.62. The average Bonchev–Trinajstić information content (AvgIpc) is 3.29. The summed E-state index contributed by atoms with van der Waals surface area (Å²) in [7, 11) is 0. The van der Waals surface area contributed by atoms with E-state index in [4.69, 9.17) is 0 Å². The number of nitrogens with zero attached hydrogens (tertiary/aromatic N) is 2. The van der Waals surface area contributed by atoms with Crippen molar-refractivity contribution in [2.75, 3.05) is 4.90 Å². The number of hydrogen-bond donors (Lipinski definition) is 0. The van der Waals surface area contributed by atoms with Gasteiger partial charge in [0.05, 0.1) is 22.9 Å². The molecule has 0 saturated heterocycles. The molecule has 170 valence electrons. The highest BCUT2D eigenvalue weighted by atomic mass is 15.2. The number of benzene rings is 5. The van der Waals surface area contributed by atoms with E-state index >= 15 is 0 Å². The molecule has 2 unspecified atom stereocenters. The van der Waals surface area contributed by atoms with Gasteiger partial charge in [-0.1, -0.05) is 85.3 Å². The van der Waals surface area contributed by atoms with Crippen LogP contribution < -0.4 is 4.90 Å². The summed E-state index contributed by atoms with van der Waals surface area (Å²) in [4.78, 5) is 2.47. The number of anilines is 3. The molecule has 2 heterocycles. The van der Waals surface area contributed by atoms with Gasteiger partial charge in [-0.25, -0.2) is 0 Å². The third kappa shape index (κ3) is 2.23. The molecule has 0 N–H and O–H groups in total. The van der Waals surface area contributed by atoms with Gasteiger partial charge in [0.15, 0.2) is 0 Å². The highest BCUT2D eigenvalue weighted by molar-refractivity contribution is 6.18. The molecule has 2 nitrogen and oxygen atoms in total. The molecular weight excluding hydrogens is 436 g/mol. The van der Waals surface area contributed by atoms with Crippen LogP contribution in [-0.2, 0) is 0 Å². The van der Waals surface area contributed by atoms with Crippen LogP contribution in [0.15, 0.2) is 115 Å². The summed E-state index contributed by atoms with van der Waals surface area (Å²) in [5.74, 6) is 1.44. The van der Waals surface area contributed by atoms with E-state index in [1.165, 1.54) is 60.8 Å². The fourth-order valence-corrected chi connectivity index (χ4v) is 7.09. The summed E-state index contributed by atoms with van der Waals surface area (Å²) >= 11 is 0. The maximum absolute atomic E-state index is 2.62. The van der Waals surface area contributed by atoms with Crippen LogP contribution in [0.25, 0.3) is 43.7 Å². The van der Waals surface area contributed by atoms with Crippen molar-refractivity contribution < 1.29 is 0 Å². The highest BCUT2D eigenvalue weighted by Gasteiger charge is 2.53. The van der Waals surface area contributed by atoms with Crippen molar-refractivity contribution in [2.45, 2.75) is 13.0 Å². The molecule has 9 rings (SSSR count). The fourth-order valence-electron chi connectivity index (χ4n) is 7.09. The quantitative estimate of drug-likeness (QED) is 0.234. The summed E-state index contributed by atoms with van der Waals surface area (Å²) in [6.07, 6.45) is 2.51. The van der Waals surface area contributed by atoms with Crippen LogP contribution in [0.4, 0.5) is 17.1 Å². The van der Waals surface area contributed by atoms with Crippen molar-refractivity contribution in [3.63, 3.8) is 0 Å². The summed E-state index contributed by atoms with van der Waals surface area (Å²) < 4.78 is 2.62. The Bertz CT molecular complexity index is 1920. The van der Waals surface area contributed by atoms with Gasteiger partial charge in [-0.2, -0.15) is 0 Å². The standard InChI is InChI=1S/C34H24N2/c1-20-25-18-32(33(20)25)36-28-15-6-5-13-23(28)26-17-27-24-14-7-9-21-10-8-16-29(34(21)24)35(30(27)19-31(26)36)22-11-3-2-4-12-22/h2-20,32-33H,1H3/t20?,32?,33-/m1/s1. The van der Waals surface area contributed by atoms with Crippen molar-refractivity contribution in [3.05, 3.63) is 115 Å². The molecule has 3 atom stereocenters.